The summed E-state index contributed by atoms with van der Waals surface area (Å²) in [6, 6.07) is 8.37. The Morgan fingerprint density at radius 1 is 1.07 bits per heavy atom. The molecule has 3 aromatic rings. The Morgan fingerprint density at radius 2 is 1.83 bits per heavy atom. The van der Waals surface area contributed by atoms with Crippen LogP contribution in [0, 0.1) is 0 Å². The average molecular weight is 411 g/mol. The van der Waals surface area contributed by atoms with Crippen molar-refractivity contribution in [1.82, 2.24) is 23.6 Å². The number of anilines is 1. The highest BCUT2D eigenvalue weighted by atomic mass is 32.1. The number of methoxy groups -OCH3 is 1. The Labute approximate surface area is 172 Å². The molecule has 0 N–H and O–H groups in total. The number of nitrogens with zero attached hydrogens (tertiary/aromatic N) is 6. The number of fused-ring (bicyclic) bond motifs is 1. The van der Waals surface area contributed by atoms with E-state index in [0.717, 1.165) is 42.8 Å². The van der Waals surface area contributed by atoms with E-state index in [1.54, 1.807) is 13.4 Å². The molecule has 1 amide bonds. The predicted octanol–water partition coefficient (Wildman–Crippen LogP) is 2.76. The van der Waals surface area contributed by atoms with Crippen LogP contribution in [0.3, 0.4) is 0 Å². The van der Waals surface area contributed by atoms with Crippen molar-refractivity contribution in [3.05, 3.63) is 36.2 Å². The molecule has 8 nitrogen and oxygen atoms in total. The van der Waals surface area contributed by atoms with E-state index < -0.39 is 0 Å². The quantitative estimate of drug-likeness (QED) is 0.639. The van der Waals surface area contributed by atoms with Crippen LogP contribution in [0.1, 0.15) is 36.0 Å². The van der Waals surface area contributed by atoms with Gasteiger partial charge in [0.25, 0.3) is 5.91 Å². The molecule has 1 aromatic carbocycles. The first-order valence-electron chi connectivity index (χ1n) is 9.89. The van der Waals surface area contributed by atoms with E-state index in [4.69, 9.17) is 4.74 Å². The number of likely N-dealkylation sites (tertiary alicyclic amines) is 1. The van der Waals surface area contributed by atoms with Crippen LogP contribution in [0.2, 0.25) is 0 Å². The first-order valence-corrected chi connectivity index (χ1v) is 10.6. The van der Waals surface area contributed by atoms with Gasteiger partial charge in [-0.05, 0) is 43.9 Å². The van der Waals surface area contributed by atoms with Gasteiger partial charge in [-0.3, -0.25) is 4.79 Å². The Kier molecular flexibility index (Phi) is 4.75. The third-order valence-corrected chi connectivity index (χ3v) is 6.24. The number of carbonyl (C=O) groups is 1. The molecule has 29 heavy (non-hydrogen) atoms. The van der Waals surface area contributed by atoms with Crippen molar-refractivity contribution in [3.63, 3.8) is 0 Å². The van der Waals surface area contributed by atoms with Crippen LogP contribution in [-0.2, 0) is 0 Å². The van der Waals surface area contributed by atoms with Crippen LogP contribution in [0.15, 0.2) is 30.6 Å². The molecular formula is C20H22N6O2S. The highest BCUT2D eigenvalue weighted by Crippen LogP contribution is 2.36. The van der Waals surface area contributed by atoms with Gasteiger partial charge in [-0.15, -0.1) is 0 Å². The summed E-state index contributed by atoms with van der Waals surface area (Å²) in [6.45, 7) is 1.48. The minimum absolute atomic E-state index is 0.0695. The van der Waals surface area contributed by atoms with Crippen molar-refractivity contribution >= 4 is 34.5 Å². The summed E-state index contributed by atoms with van der Waals surface area (Å²) in [4.78, 5) is 26.0. The molecule has 0 atom stereocenters. The second kappa shape index (κ2) is 7.55. The molecule has 2 aromatic heterocycles. The topological polar surface area (TPSA) is 84.3 Å². The van der Waals surface area contributed by atoms with E-state index in [-0.39, 0.29) is 5.91 Å². The highest BCUT2D eigenvalue weighted by molar-refractivity contribution is 7.00. The molecule has 0 radical (unpaired) electrons. The van der Waals surface area contributed by atoms with E-state index in [1.807, 2.05) is 29.2 Å². The number of amides is 1. The smallest absolute Gasteiger partial charge is 0.253 e. The molecule has 1 aliphatic heterocycles. The number of carbonyl (C=O) groups excluding carboxylic acids is 1. The lowest BCUT2D eigenvalue weighted by Gasteiger charge is -2.39. The largest absolute Gasteiger partial charge is 0.481 e. The van der Waals surface area contributed by atoms with Crippen molar-refractivity contribution < 1.29 is 9.53 Å². The van der Waals surface area contributed by atoms with Crippen LogP contribution >= 0.6 is 11.7 Å². The van der Waals surface area contributed by atoms with Crippen molar-refractivity contribution in [2.24, 2.45) is 0 Å². The molecule has 1 saturated heterocycles. The molecule has 0 unspecified atom stereocenters. The maximum atomic E-state index is 13.0. The zero-order chi connectivity index (χ0) is 19.8. The van der Waals surface area contributed by atoms with Gasteiger partial charge in [-0.1, -0.05) is 0 Å². The summed E-state index contributed by atoms with van der Waals surface area (Å²) in [5.74, 6) is 1.57. The van der Waals surface area contributed by atoms with E-state index in [9.17, 15) is 4.79 Å². The summed E-state index contributed by atoms with van der Waals surface area (Å²) in [5.41, 5.74) is 2.31. The molecular weight excluding hydrogens is 388 g/mol. The van der Waals surface area contributed by atoms with Gasteiger partial charge in [0.2, 0.25) is 5.88 Å². The fourth-order valence-electron chi connectivity index (χ4n) is 4.05. The summed E-state index contributed by atoms with van der Waals surface area (Å²) in [5, 5.41) is 0. The molecule has 1 aliphatic carbocycles. The Balaban J connectivity index is 1.29. The molecule has 2 aliphatic rings. The van der Waals surface area contributed by atoms with Gasteiger partial charge in [0.1, 0.15) is 23.2 Å². The maximum absolute atomic E-state index is 13.0. The van der Waals surface area contributed by atoms with Crippen LogP contribution in [0.4, 0.5) is 5.82 Å². The van der Waals surface area contributed by atoms with Crippen LogP contribution in [-0.4, -0.2) is 61.8 Å². The fraction of sp³-hybridized carbons (Fsp3) is 0.450. The first-order chi connectivity index (χ1) is 14.2. The number of aromatic nitrogens is 4. The van der Waals surface area contributed by atoms with Gasteiger partial charge in [0.15, 0.2) is 0 Å². The molecule has 5 rings (SSSR count). The molecule has 1 saturated carbocycles. The lowest BCUT2D eigenvalue weighted by Crippen LogP contribution is -2.48. The maximum Gasteiger partial charge on any atom is 0.253 e. The lowest BCUT2D eigenvalue weighted by molar-refractivity contribution is 0.0712. The van der Waals surface area contributed by atoms with Crippen LogP contribution in [0.5, 0.6) is 5.88 Å². The SMILES string of the molecule is COc1cc(N(C2CC2)C2CCN(C(=O)c3ccc4nsnc4c3)CC2)ncn1. The number of ether oxygens (including phenoxy) is 1. The van der Waals surface area contributed by atoms with Gasteiger partial charge in [-0.2, -0.15) is 8.75 Å². The van der Waals surface area contributed by atoms with Crippen molar-refractivity contribution in [3.8, 4) is 5.88 Å². The minimum Gasteiger partial charge on any atom is -0.481 e. The number of hydrogen-bond acceptors (Lipinski definition) is 8. The molecule has 0 bridgehead atoms. The lowest BCUT2D eigenvalue weighted by atomic mass is 10.0. The second-order valence-corrected chi connectivity index (χ2v) is 8.08. The Bertz CT molecular complexity index is 1030. The average Bonchev–Trinajstić information content (AvgIpc) is 3.49. The number of rotatable bonds is 5. The third kappa shape index (κ3) is 3.62. The summed E-state index contributed by atoms with van der Waals surface area (Å²) >= 11 is 1.17. The van der Waals surface area contributed by atoms with E-state index >= 15 is 0 Å². The van der Waals surface area contributed by atoms with Gasteiger partial charge in [0, 0.05) is 36.8 Å². The summed E-state index contributed by atoms with van der Waals surface area (Å²) in [7, 11) is 1.62. The first kappa shape index (κ1) is 18.2. The minimum atomic E-state index is 0.0695. The molecule has 0 spiro atoms. The van der Waals surface area contributed by atoms with Crippen molar-refractivity contribution in [2.75, 3.05) is 25.1 Å². The van der Waals surface area contributed by atoms with Crippen LogP contribution in [0.25, 0.3) is 11.0 Å². The third-order valence-electron chi connectivity index (χ3n) is 5.69. The molecule has 9 heteroatoms. The number of piperidine rings is 1. The summed E-state index contributed by atoms with van der Waals surface area (Å²) < 4.78 is 13.7. The fourth-order valence-corrected chi connectivity index (χ4v) is 4.57. The van der Waals surface area contributed by atoms with Gasteiger partial charge in [-0.25, -0.2) is 9.97 Å². The molecule has 2 fully saturated rings. The van der Waals surface area contributed by atoms with E-state index in [0.29, 0.717) is 23.5 Å². The second-order valence-electron chi connectivity index (χ2n) is 7.55. The highest BCUT2D eigenvalue weighted by Gasteiger charge is 2.37. The standard InChI is InChI=1S/C20H22N6O2S/c1-28-19-11-18(21-12-22-19)26(14-3-4-14)15-6-8-25(9-7-15)20(27)13-2-5-16-17(10-13)24-29-23-16/h2,5,10-12,14-15H,3-4,6-9H2,1H3. The Hall–Kier alpha value is -2.81. The summed E-state index contributed by atoms with van der Waals surface area (Å²) in [6.07, 6.45) is 5.79. The van der Waals surface area contributed by atoms with Gasteiger partial charge < -0.3 is 14.5 Å². The Morgan fingerprint density at radius 3 is 2.59 bits per heavy atom. The number of benzene rings is 1. The van der Waals surface area contributed by atoms with E-state index in [2.05, 4.69) is 23.6 Å². The van der Waals surface area contributed by atoms with Gasteiger partial charge >= 0.3 is 0 Å². The van der Waals surface area contributed by atoms with E-state index in [1.165, 1.54) is 24.6 Å². The number of hydrogen-bond donors (Lipinski definition) is 0. The monoisotopic (exact) mass is 410 g/mol. The normalized spacial score (nSPS) is 17.5. The van der Waals surface area contributed by atoms with Gasteiger partial charge in [0.05, 0.1) is 18.8 Å². The van der Waals surface area contributed by atoms with Crippen molar-refractivity contribution in [1.29, 1.82) is 0 Å². The molecule has 150 valence electrons. The predicted molar refractivity (Wildman–Crippen MR) is 110 cm³/mol. The zero-order valence-electron chi connectivity index (χ0n) is 16.2. The zero-order valence-corrected chi connectivity index (χ0v) is 17.0. The van der Waals surface area contributed by atoms with Crippen molar-refractivity contribution in [2.45, 2.75) is 37.8 Å². The van der Waals surface area contributed by atoms with Crippen LogP contribution < -0.4 is 9.64 Å². The molecule has 3 heterocycles.